The molecule has 1 saturated heterocycles. The number of hydrogen-bond acceptors (Lipinski definition) is 4. The molecule has 2 atom stereocenters. The van der Waals surface area contributed by atoms with E-state index in [1.165, 1.54) is 24.3 Å². The van der Waals surface area contributed by atoms with Crippen molar-refractivity contribution in [3.8, 4) is 0 Å². The van der Waals surface area contributed by atoms with E-state index < -0.39 is 0 Å². The van der Waals surface area contributed by atoms with Crippen molar-refractivity contribution >= 4 is 17.3 Å². The number of piperidine rings is 1. The molecule has 0 spiro atoms. The van der Waals surface area contributed by atoms with Crippen LogP contribution in [0.15, 0.2) is 28.7 Å². The maximum absolute atomic E-state index is 4.36. The lowest BCUT2D eigenvalue weighted by molar-refractivity contribution is 0.125. The van der Waals surface area contributed by atoms with Gasteiger partial charge in [0.2, 0.25) is 0 Å². The Bertz CT molecular complexity index is 678. The Hall–Kier alpha value is -1.86. The largest absolute Gasteiger partial charge is 0.356 e. The Morgan fingerprint density at radius 1 is 1.48 bits per heavy atom. The summed E-state index contributed by atoms with van der Waals surface area (Å²) in [6, 6.07) is 4.91. The fourth-order valence-electron chi connectivity index (χ4n) is 3.56. The van der Waals surface area contributed by atoms with Crippen LogP contribution in [0.4, 0.5) is 0 Å². The second-order valence-electron chi connectivity index (χ2n) is 6.67. The van der Waals surface area contributed by atoms with Crippen LogP contribution in [0.5, 0.6) is 0 Å². The summed E-state index contributed by atoms with van der Waals surface area (Å²) in [7, 11) is 4.06. The molecule has 3 N–H and O–H groups in total. The van der Waals surface area contributed by atoms with E-state index in [1.807, 2.05) is 31.5 Å². The fraction of sp³-hybridized carbons (Fsp3) is 0.556. The minimum Gasteiger partial charge on any atom is -0.356 e. The van der Waals surface area contributed by atoms with Crippen molar-refractivity contribution in [3.63, 3.8) is 0 Å². The zero-order valence-corrected chi connectivity index (χ0v) is 16.1. The van der Waals surface area contributed by atoms with Crippen LogP contribution in [0.1, 0.15) is 35.0 Å². The zero-order valence-electron chi connectivity index (χ0n) is 15.2. The molecule has 136 valence electrons. The monoisotopic (exact) mass is 360 g/mol. The van der Waals surface area contributed by atoms with Gasteiger partial charge in [0, 0.05) is 42.3 Å². The van der Waals surface area contributed by atoms with Crippen molar-refractivity contribution < 1.29 is 0 Å². The Kier molecular flexibility index (Phi) is 6.09. The molecule has 0 radical (unpaired) electrons. The van der Waals surface area contributed by atoms with Gasteiger partial charge in [-0.2, -0.15) is 5.10 Å². The van der Waals surface area contributed by atoms with Gasteiger partial charge in [0.15, 0.2) is 5.96 Å². The summed E-state index contributed by atoms with van der Waals surface area (Å²) < 4.78 is 0. The summed E-state index contributed by atoms with van der Waals surface area (Å²) in [5, 5.41) is 16.1. The van der Waals surface area contributed by atoms with Crippen LogP contribution in [0.2, 0.25) is 0 Å². The van der Waals surface area contributed by atoms with E-state index in [1.54, 1.807) is 0 Å². The standard InChI is InChI=1S/C18H28N6S/c1-13-15(12-22-23-13)11-21-18(19-2)20-10-14-6-4-8-24(3)17(14)16-7-5-9-25-16/h5,7,9,12,14,17H,4,6,8,10-11H2,1-3H3,(H,22,23)(H2,19,20,21). The highest BCUT2D eigenvalue weighted by atomic mass is 32.1. The number of nitrogens with zero attached hydrogens (tertiary/aromatic N) is 3. The molecule has 1 fully saturated rings. The predicted octanol–water partition coefficient (Wildman–Crippen LogP) is 2.53. The maximum Gasteiger partial charge on any atom is 0.191 e. The molecule has 0 saturated carbocycles. The second kappa shape index (κ2) is 8.49. The molecule has 2 aromatic rings. The average Bonchev–Trinajstić information content (AvgIpc) is 3.27. The van der Waals surface area contributed by atoms with E-state index in [0.717, 1.165) is 30.3 Å². The van der Waals surface area contributed by atoms with Crippen LogP contribution >= 0.6 is 11.3 Å². The van der Waals surface area contributed by atoms with Crippen LogP contribution in [-0.2, 0) is 6.54 Å². The quantitative estimate of drug-likeness (QED) is 0.566. The first-order valence-corrected chi connectivity index (χ1v) is 9.74. The van der Waals surface area contributed by atoms with Crippen LogP contribution < -0.4 is 10.6 Å². The second-order valence-corrected chi connectivity index (χ2v) is 7.65. The van der Waals surface area contributed by atoms with Crippen molar-refractivity contribution in [2.24, 2.45) is 10.9 Å². The number of rotatable bonds is 5. The van der Waals surface area contributed by atoms with Crippen LogP contribution in [0, 0.1) is 12.8 Å². The normalized spacial score (nSPS) is 22.1. The number of aliphatic imine (C=N–C) groups is 1. The van der Waals surface area contributed by atoms with Crippen molar-refractivity contribution in [1.82, 2.24) is 25.7 Å². The first kappa shape index (κ1) is 17.9. The van der Waals surface area contributed by atoms with E-state index >= 15 is 0 Å². The van der Waals surface area contributed by atoms with Gasteiger partial charge in [-0.3, -0.25) is 15.0 Å². The number of aryl methyl sites for hydroxylation is 1. The average molecular weight is 361 g/mol. The van der Waals surface area contributed by atoms with Gasteiger partial charge in [0.1, 0.15) is 0 Å². The molecule has 0 aliphatic carbocycles. The van der Waals surface area contributed by atoms with Crippen molar-refractivity contribution in [2.45, 2.75) is 32.4 Å². The molecule has 6 nitrogen and oxygen atoms in total. The third-order valence-electron chi connectivity index (χ3n) is 4.98. The van der Waals surface area contributed by atoms with Crippen LogP contribution in [0.3, 0.4) is 0 Å². The smallest absolute Gasteiger partial charge is 0.191 e. The molecule has 7 heteroatoms. The molecule has 2 aromatic heterocycles. The molecule has 0 bridgehead atoms. The van der Waals surface area contributed by atoms with Gasteiger partial charge in [-0.15, -0.1) is 11.3 Å². The van der Waals surface area contributed by atoms with E-state index in [0.29, 0.717) is 12.0 Å². The Labute approximate surface area is 153 Å². The summed E-state index contributed by atoms with van der Waals surface area (Å²) in [4.78, 5) is 8.32. The molecular weight excluding hydrogens is 332 g/mol. The zero-order chi connectivity index (χ0) is 17.6. The predicted molar refractivity (Wildman–Crippen MR) is 104 cm³/mol. The van der Waals surface area contributed by atoms with E-state index in [4.69, 9.17) is 0 Å². The van der Waals surface area contributed by atoms with Crippen molar-refractivity contribution in [2.75, 3.05) is 27.2 Å². The number of likely N-dealkylation sites (tertiary alicyclic amines) is 1. The van der Waals surface area contributed by atoms with Crippen molar-refractivity contribution in [1.29, 1.82) is 0 Å². The molecule has 1 aliphatic heterocycles. The van der Waals surface area contributed by atoms with E-state index in [2.05, 4.69) is 55.3 Å². The SMILES string of the molecule is CN=C(NCc1cn[nH]c1C)NCC1CCCN(C)C1c1cccs1. The van der Waals surface area contributed by atoms with Crippen molar-refractivity contribution in [3.05, 3.63) is 39.8 Å². The topological polar surface area (TPSA) is 68.3 Å². The molecule has 0 amide bonds. The summed E-state index contributed by atoms with van der Waals surface area (Å²) >= 11 is 1.86. The Morgan fingerprint density at radius 3 is 3.04 bits per heavy atom. The highest BCUT2D eigenvalue weighted by Crippen LogP contribution is 2.36. The number of aromatic amines is 1. The van der Waals surface area contributed by atoms with E-state index in [9.17, 15) is 0 Å². The highest BCUT2D eigenvalue weighted by Gasteiger charge is 2.31. The first-order valence-electron chi connectivity index (χ1n) is 8.86. The molecular formula is C18H28N6S. The summed E-state index contributed by atoms with van der Waals surface area (Å²) in [5.41, 5.74) is 2.26. The summed E-state index contributed by atoms with van der Waals surface area (Å²) in [6.45, 7) is 4.85. The molecule has 3 heterocycles. The minimum absolute atomic E-state index is 0.496. The molecule has 0 aromatic carbocycles. The molecule has 3 rings (SSSR count). The van der Waals surface area contributed by atoms with Gasteiger partial charge < -0.3 is 10.6 Å². The van der Waals surface area contributed by atoms with Crippen LogP contribution in [0.25, 0.3) is 0 Å². The van der Waals surface area contributed by atoms with Gasteiger partial charge in [0.05, 0.1) is 6.20 Å². The Morgan fingerprint density at radius 2 is 2.36 bits per heavy atom. The van der Waals surface area contributed by atoms with Gasteiger partial charge in [-0.25, -0.2) is 0 Å². The summed E-state index contributed by atoms with van der Waals surface area (Å²) in [5.74, 6) is 1.44. The number of aromatic nitrogens is 2. The Balaban J connectivity index is 1.57. The molecule has 25 heavy (non-hydrogen) atoms. The van der Waals surface area contributed by atoms with Crippen LogP contribution in [-0.4, -0.2) is 48.2 Å². The highest BCUT2D eigenvalue weighted by molar-refractivity contribution is 7.10. The summed E-state index contributed by atoms with van der Waals surface area (Å²) in [6.07, 6.45) is 4.36. The third-order valence-corrected chi connectivity index (χ3v) is 5.92. The third kappa shape index (κ3) is 4.41. The lowest BCUT2D eigenvalue weighted by atomic mass is 9.88. The number of H-pyrrole nitrogens is 1. The molecule has 2 unspecified atom stereocenters. The van der Waals surface area contributed by atoms with Gasteiger partial charge in [0.25, 0.3) is 0 Å². The maximum atomic E-state index is 4.36. The number of hydrogen-bond donors (Lipinski definition) is 3. The lowest BCUT2D eigenvalue weighted by Gasteiger charge is -2.39. The van der Waals surface area contributed by atoms with E-state index in [-0.39, 0.29) is 0 Å². The first-order chi connectivity index (χ1) is 12.2. The number of guanidine groups is 1. The molecule has 1 aliphatic rings. The lowest BCUT2D eigenvalue weighted by Crippen LogP contribution is -2.44. The number of nitrogens with one attached hydrogen (secondary N) is 3. The fourth-order valence-corrected chi connectivity index (χ4v) is 4.55. The number of thiophene rings is 1. The minimum atomic E-state index is 0.496. The van der Waals surface area contributed by atoms with Gasteiger partial charge in [-0.05, 0) is 50.7 Å². The van der Waals surface area contributed by atoms with Gasteiger partial charge >= 0.3 is 0 Å². The van der Waals surface area contributed by atoms with Gasteiger partial charge in [-0.1, -0.05) is 6.07 Å².